The molecule has 0 unspecified atom stereocenters. The third-order valence-electron chi connectivity index (χ3n) is 4.56. The van der Waals surface area contributed by atoms with Crippen LogP contribution in [-0.2, 0) is 25.7 Å². The van der Waals surface area contributed by atoms with Crippen LogP contribution in [0.4, 0.5) is 5.69 Å². The largest absolute Gasteiger partial charge is 0.461 e. The summed E-state index contributed by atoms with van der Waals surface area (Å²) < 4.78 is 4.94. The molecule has 0 saturated carbocycles. The van der Waals surface area contributed by atoms with Gasteiger partial charge in [-0.3, -0.25) is 14.4 Å². The number of carbonyl (C=O) groups excluding carboxylic acids is 3. The van der Waals surface area contributed by atoms with Gasteiger partial charge >= 0.3 is 5.97 Å². The molecule has 0 saturated heterocycles. The number of anilines is 1. The number of aliphatic hydroxyl groups excluding tert-OH is 1. The highest BCUT2D eigenvalue weighted by molar-refractivity contribution is 5.97. The third-order valence-corrected chi connectivity index (χ3v) is 4.56. The van der Waals surface area contributed by atoms with Crippen molar-refractivity contribution in [2.24, 2.45) is 11.8 Å². The molecule has 0 aromatic heterocycles. The second-order valence-electron chi connectivity index (χ2n) is 7.29. The fraction of sp³-hybridized carbons (Fsp3) is 0.500. The molecule has 7 nitrogen and oxygen atoms in total. The number of amides is 2. The molecular weight excluding hydrogens is 372 g/mol. The monoisotopic (exact) mass is 404 g/mol. The summed E-state index contributed by atoms with van der Waals surface area (Å²) in [5.41, 5.74) is 1.34. The average molecular weight is 405 g/mol. The van der Waals surface area contributed by atoms with E-state index in [1.807, 2.05) is 13.8 Å². The Bertz CT molecular complexity index is 685. The number of nitrogens with one attached hydrogen (secondary N) is 2. The molecule has 0 heterocycles. The number of rotatable bonds is 12. The maximum absolute atomic E-state index is 12.6. The summed E-state index contributed by atoms with van der Waals surface area (Å²) >= 11 is 0. The predicted molar refractivity (Wildman–Crippen MR) is 112 cm³/mol. The number of carbonyl (C=O) groups is 3. The lowest BCUT2D eigenvalue weighted by Gasteiger charge is -2.22. The van der Waals surface area contributed by atoms with E-state index in [1.165, 1.54) is 6.08 Å². The first-order valence-corrected chi connectivity index (χ1v) is 9.86. The summed E-state index contributed by atoms with van der Waals surface area (Å²) in [6.45, 7) is 9.11. The number of benzene rings is 1. The second-order valence-corrected chi connectivity index (χ2v) is 7.29. The lowest BCUT2D eigenvalue weighted by molar-refractivity contribution is -0.142. The van der Waals surface area contributed by atoms with E-state index in [4.69, 9.17) is 9.84 Å². The van der Waals surface area contributed by atoms with E-state index in [-0.39, 0.29) is 49.3 Å². The molecule has 160 valence electrons. The van der Waals surface area contributed by atoms with Gasteiger partial charge in [0.2, 0.25) is 11.8 Å². The molecule has 1 rings (SSSR count). The van der Waals surface area contributed by atoms with Crippen LogP contribution in [0.25, 0.3) is 0 Å². The Morgan fingerprint density at radius 3 is 2.34 bits per heavy atom. The second kappa shape index (κ2) is 12.7. The Kier molecular flexibility index (Phi) is 10.7. The van der Waals surface area contributed by atoms with Gasteiger partial charge in [-0.25, -0.2) is 0 Å². The van der Waals surface area contributed by atoms with E-state index in [2.05, 4.69) is 17.2 Å². The van der Waals surface area contributed by atoms with Gasteiger partial charge in [0.15, 0.2) is 0 Å². The number of hydrogen-bond acceptors (Lipinski definition) is 5. The fourth-order valence-electron chi connectivity index (χ4n) is 2.79. The van der Waals surface area contributed by atoms with E-state index in [1.54, 1.807) is 31.2 Å². The molecular formula is C22H32N2O5. The van der Waals surface area contributed by atoms with Crippen LogP contribution in [0.1, 0.15) is 45.6 Å². The van der Waals surface area contributed by atoms with Crippen LogP contribution >= 0.6 is 0 Å². The summed E-state index contributed by atoms with van der Waals surface area (Å²) in [4.78, 5) is 36.6. The standard InChI is InChI=1S/C22H32N2O5/c1-5-13-29-20(26)8-6-7-19(15(2)3)22(28)23-16(4)21(27)24-18-11-9-17(14-25)10-12-18/h5,9-12,15-16,19,25H,1,6-8,13-14H2,2-4H3,(H,23,28)(H,24,27)/t16-,19-/m0/s1. The van der Waals surface area contributed by atoms with Crippen molar-refractivity contribution in [3.63, 3.8) is 0 Å². The van der Waals surface area contributed by atoms with Crippen LogP contribution in [0.3, 0.4) is 0 Å². The van der Waals surface area contributed by atoms with Gasteiger partial charge in [0.05, 0.1) is 6.61 Å². The molecule has 0 aliphatic heterocycles. The van der Waals surface area contributed by atoms with Gasteiger partial charge in [-0.05, 0) is 43.4 Å². The van der Waals surface area contributed by atoms with Crippen LogP contribution < -0.4 is 10.6 Å². The van der Waals surface area contributed by atoms with Gasteiger partial charge in [0, 0.05) is 18.0 Å². The minimum Gasteiger partial charge on any atom is -0.461 e. The summed E-state index contributed by atoms with van der Waals surface area (Å²) in [5.74, 6) is -1.09. The first-order valence-electron chi connectivity index (χ1n) is 9.86. The number of aliphatic hydroxyl groups is 1. The minimum atomic E-state index is -0.709. The van der Waals surface area contributed by atoms with Crippen LogP contribution in [0, 0.1) is 11.8 Å². The van der Waals surface area contributed by atoms with E-state index >= 15 is 0 Å². The average Bonchev–Trinajstić information content (AvgIpc) is 2.69. The molecule has 7 heteroatoms. The van der Waals surface area contributed by atoms with Crippen LogP contribution in [-0.4, -0.2) is 35.5 Å². The van der Waals surface area contributed by atoms with Crippen molar-refractivity contribution in [3.05, 3.63) is 42.5 Å². The summed E-state index contributed by atoms with van der Waals surface area (Å²) in [6, 6.07) is 6.11. The van der Waals surface area contributed by atoms with Crippen molar-refractivity contribution in [1.82, 2.24) is 5.32 Å². The minimum absolute atomic E-state index is 0.0662. The predicted octanol–water partition coefficient (Wildman–Crippen LogP) is 2.79. The molecule has 0 fully saturated rings. The Morgan fingerprint density at radius 2 is 1.79 bits per heavy atom. The van der Waals surface area contributed by atoms with E-state index in [0.717, 1.165) is 5.56 Å². The van der Waals surface area contributed by atoms with Crippen LogP contribution in [0.2, 0.25) is 0 Å². The zero-order valence-electron chi connectivity index (χ0n) is 17.4. The molecule has 0 aliphatic rings. The lowest BCUT2D eigenvalue weighted by Crippen LogP contribution is -2.45. The van der Waals surface area contributed by atoms with Crippen molar-refractivity contribution in [1.29, 1.82) is 0 Å². The molecule has 0 spiro atoms. The Labute approximate surface area is 172 Å². The molecule has 1 aromatic rings. The molecule has 2 amide bonds. The van der Waals surface area contributed by atoms with Crippen molar-refractivity contribution in [3.8, 4) is 0 Å². The van der Waals surface area contributed by atoms with Gasteiger partial charge < -0.3 is 20.5 Å². The van der Waals surface area contributed by atoms with Crippen molar-refractivity contribution in [2.45, 2.75) is 52.7 Å². The molecule has 2 atom stereocenters. The zero-order chi connectivity index (χ0) is 21.8. The number of esters is 1. The molecule has 0 bridgehead atoms. The van der Waals surface area contributed by atoms with E-state index < -0.39 is 6.04 Å². The summed E-state index contributed by atoms with van der Waals surface area (Å²) in [5, 5.41) is 14.6. The Balaban J connectivity index is 2.53. The SMILES string of the molecule is C=CCOC(=O)CCC[C@H](C(=O)N[C@@H](C)C(=O)Nc1ccc(CO)cc1)C(C)C. The molecule has 3 N–H and O–H groups in total. The highest BCUT2D eigenvalue weighted by atomic mass is 16.5. The Morgan fingerprint density at radius 1 is 1.14 bits per heavy atom. The summed E-state index contributed by atoms with van der Waals surface area (Å²) in [6.07, 6.45) is 2.81. The topological polar surface area (TPSA) is 105 Å². The zero-order valence-corrected chi connectivity index (χ0v) is 17.4. The fourth-order valence-corrected chi connectivity index (χ4v) is 2.79. The smallest absolute Gasteiger partial charge is 0.306 e. The van der Waals surface area contributed by atoms with Crippen LogP contribution in [0.5, 0.6) is 0 Å². The van der Waals surface area contributed by atoms with Gasteiger partial charge in [-0.2, -0.15) is 0 Å². The lowest BCUT2D eigenvalue weighted by atomic mass is 9.89. The van der Waals surface area contributed by atoms with Gasteiger partial charge in [-0.1, -0.05) is 38.6 Å². The first-order chi connectivity index (χ1) is 13.8. The highest BCUT2D eigenvalue weighted by Gasteiger charge is 2.25. The van der Waals surface area contributed by atoms with E-state index in [9.17, 15) is 14.4 Å². The molecule has 1 aromatic carbocycles. The molecule has 29 heavy (non-hydrogen) atoms. The van der Waals surface area contributed by atoms with Crippen molar-refractivity contribution >= 4 is 23.5 Å². The van der Waals surface area contributed by atoms with Gasteiger partial charge in [0.25, 0.3) is 0 Å². The van der Waals surface area contributed by atoms with Gasteiger partial charge in [0.1, 0.15) is 12.6 Å². The maximum Gasteiger partial charge on any atom is 0.306 e. The first kappa shape index (κ1) is 24.4. The molecule has 0 aliphatic carbocycles. The van der Waals surface area contributed by atoms with Crippen molar-refractivity contribution in [2.75, 3.05) is 11.9 Å². The number of ether oxygens (including phenoxy) is 1. The summed E-state index contributed by atoms with van der Waals surface area (Å²) in [7, 11) is 0. The van der Waals surface area contributed by atoms with Crippen molar-refractivity contribution < 1.29 is 24.2 Å². The maximum atomic E-state index is 12.6. The van der Waals surface area contributed by atoms with Crippen LogP contribution in [0.15, 0.2) is 36.9 Å². The number of hydrogen-bond donors (Lipinski definition) is 3. The van der Waals surface area contributed by atoms with Gasteiger partial charge in [-0.15, -0.1) is 0 Å². The highest BCUT2D eigenvalue weighted by Crippen LogP contribution is 2.19. The quantitative estimate of drug-likeness (QED) is 0.367. The molecule has 0 radical (unpaired) electrons. The normalized spacial score (nSPS) is 12.7. The third kappa shape index (κ3) is 8.91. The Hall–Kier alpha value is -2.67. The van der Waals surface area contributed by atoms with E-state index in [0.29, 0.717) is 18.5 Å².